The Bertz CT molecular complexity index is 1010. The van der Waals surface area contributed by atoms with Crippen LogP contribution in [0.15, 0.2) is 40.9 Å². The van der Waals surface area contributed by atoms with Crippen LogP contribution in [0.1, 0.15) is 24.8 Å². The highest BCUT2D eigenvalue weighted by molar-refractivity contribution is 9.10. The molecule has 0 aliphatic heterocycles. The maximum absolute atomic E-state index is 12.0. The molecule has 0 bridgehead atoms. The summed E-state index contributed by atoms with van der Waals surface area (Å²) in [5, 5.41) is 16.4. The number of ether oxygens (including phenoxy) is 1. The highest BCUT2D eigenvalue weighted by Crippen LogP contribution is 2.30. The summed E-state index contributed by atoms with van der Waals surface area (Å²) in [5.41, 5.74) is 1.33. The second kappa shape index (κ2) is 11.4. The van der Waals surface area contributed by atoms with E-state index in [4.69, 9.17) is 16.3 Å². The maximum Gasteiger partial charge on any atom is 0.306 e. The Balaban J connectivity index is 1.70. The van der Waals surface area contributed by atoms with Crippen molar-refractivity contribution in [3.05, 3.63) is 61.6 Å². The predicted octanol–water partition coefficient (Wildman–Crippen LogP) is 4.61. The van der Waals surface area contributed by atoms with Crippen LogP contribution in [0.5, 0.6) is 0 Å². The van der Waals surface area contributed by atoms with Crippen LogP contribution in [0.25, 0.3) is 0 Å². The molecule has 9 nitrogen and oxygen atoms in total. The van der Waals surface area contributed by atoms with Crippen LogP contribution in [0.3, 0.4) is 0 Å². The lowest BCUT2D eigenvalue weighted by molar-refractivity contribution is -0.384. The second-order valence-electron chi connectivity index (χ2n) is 6.45. The first-order chi connectivity index (χ1) is 14.7. The number of nitrogens with one attached hydrogen (secondary N) is 2. The summed E-state index contributed by atoms with van der Waals surface area (Å²) in [6.07, 6.45) is 0.155. The zero-order valence-corrected chi connectivity index (χ0v) is 18.8. The number of anilines is 2. The third-order valence-corrected chi connectivity index (χ3v) is 5.48. The number of rotatable bonds is 9. The summed E-state index contributed by atoms with van der Waals surface area (Å²) in [5.74, 6) is -1.53. The molecule has 0 aliphatic carbocycles. The molecule has 0 atom stereocenters. The molecular weight excluding hydrogens is 494 g/mol. The first-order valence-corrected chi connectivity index (χ1v) is 10.3. The van der Waals surface area contributed by atoms with E-state index >= 15 is 0 Å². The van der Waals surface area contributed by atoms with Gasteiger partial charge >= 0.3 is 5.97 Å². The Morgan fingerprint density at radius 1 is 1.13 bits per heavy atom. The minimum atomic E-state index is -0.621. The van der Waals surface area contributed by atoms with Gasteiger partial charge in [-0.15, -0.1) is 0 Å². The van der Waals surface area contributed by atoms with Gasteiger partial charge in [0.25, 0.3) is 11.6 Å². The SMILES string of the molecule is Cc1c(NC(=O)COC(=O)CCCC(=O)Nc2cccc([N+](=O)[O-])c2)ccc(Br)c1Cl. The molecule has 2 aromatic rings. The van der Waals surface area contributed by atoms with E-state index in [0.29, 0.717) is 26.4 Å². The highest BCUT2D eigenvalue weighted by atomic mass is 79.9. The molecule has 11 heteroatoms. The summed E-state index contributed by atoms with van der Waals surface area (Å²) in [4.78, 5) is 45.9. The van der Waals surface area contributed by atoms with Crippen LogP contribution in [0.4, 0.5) is 17.1 Å². The van der Waals surface area contributed by atoms with Crippen LogP contribution >= 0.6 is 27.5 Å². The molecule has 2 aromatic carbocycles. The van der Waals surface area contributed by atoms with Gasteiger partial charge in [0.1, 0.15) is 0 Å². The topological polar surface area (TPSA) is 128 Å². The van der Waals surface area contributed by atoms with Crippen molar-refractivity contribution in [2.45, 2.75) is 26.2 Å². The average Bonchev–Trinajstić information content (AvgIpc) is 2.73. The number of esters is 1. The molecule has 2 rings (SSSR count). The molecule has 0 radical (unpaired) electrons. The molecule has 164 valence electrons. The second-order valence-corrected chi connectivity index (χ2v) is 7.68. The normalized spacial score (nSPS) is 10.3. The van der Waals surface area contributed by atoms with Gasteiger partial charge < -0.3 is 15.4 Å². The van der Waals surface area contributed by atoms with E-state index in [9.17, 15) is 24.5 Å². The van der Waals surface area contributed by atoms with Gasteiger partial charge in [0.2, 0.25) is 5.91 Å². The third kappa shape index (κ3) is 7.65. The molecule has 0 unspecified atom stereocenters. The number of halogens is 2. The van der Waals surface area contributed by atoms with Crippen LogP contribution in [-0.2, 0) is 19.1 Å². The first kappa shape index (κ1) is 24.3. The molecule has 2 N–H and O–H groups in total. The van der Waals surface area contributed by atoms with Crippen molar-refractivity contribution in [2.75, 3.05) is 17.2 Å². The third-order valence-electron chi connectivity index (χ3n) is 4.10. The molecular formula is C20H19BrClN3O6. The fraction of sp³-hybridized carbons (Fsp3) is 0.250. The van der Waals surface area contributed by atoms with Gasteiger partial charge in [-0.3, -0.25) is 24.5 Å². The number of nitro groups is 1. The number of nitrogens with zero attached hydrogens (tertiary/aromatic N) is 1. The Kier molecular flexibility index (Phi) is 8.95. The van der Waals surface area contributed by atoms with Crippen LogP contribution in [0.2, 0.25) is 5.02 Å². The monoisotopic (exact) mass is 511 g/mol. The van der Waals surface area contributed by atoms with E-state index in [2.05, 4.69) is 26.6 Å². The quantitative estimate of drug-likeness (QED) is 0.287. The largest absolute Gasteiger partial charge is 0.456 e. The fourth-order valence-corrected chi connectivity index (χ4v) is 3.10. The molecule has 0 aromatic heterocycles. The summed E-state index contributed by atoms with van der Waals surface area (Å²) in [7, 11) is 0. The zero-order valence-electron chi connectivity index (χ0n) is 16.4. The lowest BCUT2D eigenvalue weighted by Gasteiger charge is -2.11. The lowest BCUT2D eigenvalue weighted by Crippen LogP contribution is -2.21. The zero-order chi connectivity index (χ0) is 23.0. The van der Waals surface area contributed by atoms with Gasteiger partial charge in [-0.2, -0.15) is 0 Å². The van der Waals surface area contributed by atoms with Crippen molar-refractivity contribution in [3.8, 4) is 0 Å². The molecule has 31 heavy (non-hydrogen) atoms. The molecule has 0 heterocycles. The number of hydrogen-bond acceptors (Lipinski definition) is 6. The van der Waals surface area contributed by atoms with E-state index in [1.54, 1.807) is 19.1 Å². The molecule has 0 saturated heterocycles. The number of nitro benzene ring substituents is 1. The molecule has 0 fully saturated rings. The Morgan fingerprint density at radius 3 is 2.58 bits per heavy atom. The minimum absolute atomic E-state index is 0.0145. The van der Waals surface area contributed by atoms with Crippen molar-refractivity contribution < 1.29 is 24.0 Å². The van der Waals surface area contributed by atoms with Gasteiger partial charge in [0, 0.05) is 40.8 Å². The van der Waals surface area contributed by atoms with E-state index in [0.717, 1.165) is 0 Å². The predicted molar refractivity (Wildman–Crippen MR) is 119 cm³/mol. The summed E-state index contributed by atoms with van der Waals surface area (Å²) >= 11 is 9.39. The molecule has 2 amide bonds. The smallest absolute Gasteiger partial charge is 0.306 e. The van der Waals surface area contributed by atoms with Crippen molar-refractivity contribution in [1.29, 1.82) is 0 Å². The van der Waals surface area contributed by atoms with E-state index in [1.165, 1.54) is 24.3 Å². The van der Waals surface area contributed by atoms with E-state index < -0.39 is 29.3 Å². The van der Waals surface area contributed by atoms with Gasteiger partial charge in [-0.05, 0) is 53.0 Å². The van der Waals surface area contributed by atoms with Gasteiger partial charge in [0.15, 0.2) is 6.61 Å². The van der Waals surface area contributed by atoms with E-state index in [-0.39, 0.29) is 24.9 Å². The van der Waals surface area contributed by atoms with Crippen LogP contribution in [-0.4, -0.2) is 29.3 Å². The average molecular weight is 513 g/mol. The number of non-ortho nitro benzene ring substituents is 1. The molecule has 0 aliphatic rings. The summed E-state index contributed by atoms with van der Waals surface area (Å²) < 4.78 is 5.61. The lowest BCUT2D eigenvalue weighted by atomic mass is 10.2. The van der Waals surface area contributed by atoms with Crippen LogP contribution < -0.4 is 10.6 Å². The Hall–Kier alpha value is -2.98. The van der Waals surface area contributed by atoms with Crippen molar-refractivity contribution in [2.24, 2.45) is 0 Å². The minimum Gasteiger partial charge on any atom is -0.456 e. The number of carbonyl (C=O) groups excluding carboxylic acids is 3. The number of hydrogen-bond donors (Lipinski definition) is 2. The number of benzene rings is 2. The van der Waals surface area contributed by atoms with Gasteiger partial charge in [-0.25, -0.2) is 0 Å². The van der Waals surface area contributed by atoms with Crippen LogP contribution in [0, 0.1) is 17.0 Å². The van der Waals surface area contributed by atoms with Gasteiger partial charge in [0.05, 0.1) is 9.95 Å². The summed E-state index contributed by atoms with van der Waals surface area (Å²) in [6.45, 7) is 1.28. The Morgan fingerprint density at radius 2 is 1.87 bits per heavy atom. The van der Waals surface area contributed by atoms with Gasteiger partial charge in [-0.1, -0.05) is 17.7 Å². The van der Waals surface area contributed by atoms with Crippen molar-refractivity contribution >= 4 is 62.4 Å². The number of carbonyl (C=O) groups is 3. The standard InChI is InChI=1S/C20H19BrClN3O6/c1-12-16(9-8-15(21)20(12)22)24-18(27)11-31-19(28)7-3-6-17(26)23-13-4-2-5-14(10-13)25(29)30/h2,4-5,8-10H,3,6-7,11H2,1H3,(H,23,26)(H,24,27). The molecule has 0 saturated carbocycles. The van der Waals surface area contributed by atoms with E-state index in [1.807, 2.05) is 0 Å². The maximum atomic E-state index is 12.0. The van der Waals surface area contributed by atoms with Crippen molar-refractivity contribution in [1.82, 2.24) is 0 Å². The fourth-order valence-electron chi connectivity index (χ4n) is 2.51. The first-order valence-electron chi connectivity index (χ1n) is 9.11. The highest BCUT2D eigenvalue weighted by Gasteiger charge is 2.13. The van der Waals surface area contributed by atoms with Crippen molar-refractivity contribution in [3.63, 3.8) is 0 Å². The molecule has 0 spiro atoms. The number of amides is 2. The summed E-state index contributed by atoms with van der Waals surface area (Å²) in [6, 6.07) is 8.90. The Labute approximate surface area is 191 Å².